The molecule has 0 aliphatic carbocycles. The standard InChI is InChI=1S/C23H27BrClN3O/c1-15(2)28-11-9-23(10-12-28)26-20(16-3-5-17(24)6-4-16)14-21(27-23)19-13-18(25)7-8-22(19)29/h3-8,13,15,21,27,29H,9-12,14H2,1-2H3. The van der Waals surface area contributed by atoms with Crippen LogP contribution in [0.4, 0.5) is 0 Å². The number of likely N-dealkylation sites (tertiary alicyclic amines) is 1. The van der Waals surface area contributed by atoms with E-state index in [-0.39, 0.29) is 17.5 Å². The third-order valence-corrected chi connectivity index (χ3v) is 6.85. The zero-order valence-corrected chi connectivity index (χ0v) is 19.2. The van der Waals surface area contributed by atoms with Crippen LogP contribution in [-0.4, -0.2) is 40.5 Å². The van der Waals surface area contributed by atoms with Crippen LogP contribution in [0.5, 0.6) is 5.75 Å². The average molecular weight is 477 g/mol. The van der Waals surface area contributed by atoms with Gasteiger partial charge < -0.3 is 10.0 Å². The number of halogens is 2. The van der Waals surface area contributed by atoms with Crippen molar-refractivity contribution in [1.29, 1.82) is 0 Å². The smallest absolute Gasteiger partial charge is 0.120 e. The van der Waals surface area contributed by atoms with Gasteiger partial charge in [-0.2, -0.15) is 0 Å². The van der Waals surface area contributed by atoms with Crippen LogP contribution in [0.2, 0.25) is 5.02 Å². The zero-order chi connectivity index (χ0) is 20.6. The van der Waals surface area contributed by atoms with Crippen molar-refractivity contribution in [3.05, 3.63) is 63.1 Å². The lowest BCUT2D eigenvalue weighted by atomic mass is 9.87. The lowest BCUT2D eigenvalue weighted by Gasteiger charge is -2.46. The Balaban J connectivity index is 1.71. The number of aromatic hydroxyl groups is 1. The average Bonchev–Trinajstić information content (AvgIpc) is 2.70. The van der Waals surface area contributed by atoms with Crippen LogP contribution in [0, 0.1) is 0 Å². The summed E-state index contributed by atoms with van der Waals surface area (Å²) in [5.41, 5.74) is 2.74. The first-order valence-corrected chi connectivity index (χ1v) is 11.4. The molecular weight excluding hydrogens is 450 g/mol. The number of hydrogen-bond acceptors (Lipinski definition) is 4. The highest BCUT2D eigenvalue weighted by atomic mass is 79.9. The van der Waals surface area contributed by atoms with Crippen molar-refractivity contribution in [2.45, 2.75) is 50.9 Å². The van der Waals surface area contributed by atoms with Gasteiger partial charge in [-0.25, -0.2) is 0 Å². The molecule has 154 valence electrons. The van der Waals surface area contributed by atoms with Crippen LogP contribution in [0.15, 0.2) is 51.9 Å². The number of phenolic OH excluding ortho intramolecular Hbond substituents is 1. The zero-order valence-electron chi connectivity index (χ0n) is 16.8. The van der Waals surface area contributed by atoms with Crippen molar-refractivity contribution >= 4 is 33.2 Å². The summed E-state index contributed by atoms with van der Waals surface area (Å²) in [6, 6.07) is 14.1. The van der Waals surface area contributed by atoms with Crippen molar-refractivity contribution in [2.24, 2.45) is 4.99 Å². The Hall–Kier alpha value is -1.40. The quantitative estimate of drug-likeness (QED) is 0.612. The Morgan fingerprint density at radius 3 is 2.52 bits per heavy atom. The fourth-order valence-corrected chi connectivity index (χ4v) is 4.83. The number of aliphatic imine (C=N–C) groups is 1. The highest BCUT2D eigenvalue weighted by molar-refractivity contribution is 9.10. The van der Waals surface area contributed by atoms with Crippen molar-refractivity contribution in [1.82, 2.24) is 10.2 Å². The van der Waals surface area contributed by atoms with Gasteiger partial charge in [0.1, 0.15) is 11.4 Å². The van der Waals surface area contributed by atoms with E-state index >= 15 is 0 Å². The second-order valence-corrected chi connectivity index (χ2v) is 9.68. The van der Waals surface area contributed by atoms with Crippen LogP contribution in [-0.2, 0) is 0 Å². The second kappa shape index (κ2) is 8.38. The van der Waals surface area contributed by atoms with Crippen molar-refractivity contribution in [2.75, 3.05) is 13.1 Å². The summed E-state index contributed by atoms with van der Waals surface area (Å²) in [6.07, 6.45) is 2.61. The molecule has 2 heterocycles. The Morgan fingerprint density at radius 1 is 1.17 bits per heavy atom. The van der Waals surface area contributed by atoms with E-state index in [1.807, 2.05) is 6.07 Å². The van der Waals surface area contributed by atoms with Gasteiger partial charge in [0.15, 0.2) is 0 Å². The van der Waals surface area contributed by atoms with Crippen LogP contribution in [0.25, 0.3) is 0 Å². The monoisotopic (exact) mass is 475 g/mol. The summed E-state index contributed by atoms with van der Waals surface area (Å²) in [5.74, 6) is 0.277. The van der Waals surface area contributed by atoms with Crippen LogP contribution < -0.4 is 5.32 Å². The maximum Gasteiger partial charge on any atom is 0.120 e. The minimum atomic E-state index is -0.314. The first-order valence-electron chi connectivity index (χ1n) is 10.2. The summed E-state index contributed by atoms with van der Waals surface area (Å²) in [6.45, 7) is 6.51. The topological polar surface area (TPSA) is 47.9 Å². The number of benzene rings is 2. The number of nitrogens with zero attached hydrogens (tertiary/aromatic N) is 2. The highest BCUT2D eigenvalue weighted by Gasteiger charge is 2.40. The molecule has 2 aromatic carbocycles. The van der Waals surface area contributed by atoms with E-state index < -0.39 is 0 Å². The molecule has 1 spiro atoms. The molecule has 2 aliphatic heterocycles. The van der Waals surface area contributed by atoms with E-state index in [0.717, 1.165) is 47.2 Å². The minimum Gasteiger partial charge on any atom is -0.508 e. The summed E-state index contributed by atoms with van der Waals surface area (Å²) in [5, 5.41) is 14.9. The minimum absolute atomic E-state index is 0.0320. The SMILES string of the molecule is CC(C)N1CCC2(CC1)N=C(c1ccc(Br)cc1)CC(c1cc(Cl)ccc1O)N2. The predicted molar refractivity (Wildman–Crippen MR) is 123 cm³/mol. The first kappa shape index (κ1) is 20.9. The Bertz CT molecular complexity index is 905. The molecule has 4 rings (SSSR count). The third-order valence-electron chi connectivity index (χ3n) is 6.09. The Labute approximate surface area is 186 Å². The van der Waals surface area contributed by atoms with Crippen molar-refractivity contribution < 1.29 is 5.11 Å². The van der Waals surface area contributed by atoms with Gasteiger partial charge in [0.25, 0.3) is 0 Å². The fraction of sp³-hybridized carbons (Fsp3) is 0.435. The van der Waals surface area contributed by atoms with Crippen LogP contribution >= 0.6 is 27.5 Å². The Kier molecular flexibility index (Phi) is 6.03. The normalized spacial score (nSPS) is 22.1. The van der Waals surface area contributed by atoms with Gasteiger partial charge in [0.05, 0.1) is 0 Å². The lowest BCUT2D eigenvalue weighted by Crippen LogP contribution is -2.56. The van der Waals surface area contributed by atoms with E-state index in [1.54, 1.807) is 12.1 Å². The molecule has 0 amide bonds. The van der Waals surface area contributed by atoms with Gasteiger partial charge in [-0.3, -0.25) is 10.3 Å². The largest absolute Gasteiger partial charge is 0.508 e. The van der Waals surface area contributed by atoms with E-state index in [1.165, 1.54) is 0 Å². The first-order chi connectivity index (χ1) is 13.8. The molecular formula is C23H27BrClN3O. The van der Waals surface area contributed by atoms with Gasteiger partial charge >= 0.3 is 0 Å². The van der Waals surface area contributed by atoms with Crippen molar-refractivity contribution in [3.8, 4) is 5.75 Å². The molecule has 1 fully saturated rings. The van der Waals surface area contributed by atoms with Gasteiger partial charge in [-0.15, -0.1) is 0 Å². The van der Waals surface area contributed by atoms with E-state index in [9.17, 15) is 5.11 Å². The molecule has 0 aromatic heterocycles. The number of hydrogen-bond donors (Lipinski definition) is 2. The summed E-state index contributed by atoms with van der Waals surface area (Å²) in [7, 11) is 0. The number of phenols is 1. The molecule has 29 heavy (non-hydrogen) atoms. The molecule has 0 saturated carbocycles. The molecule has 2 aromatic rings. The molecule has 1 atom stereocenters. The van der Waals surface area contributed by atoms with Gasteiger partial charge in [-0.05, 0) is 62.6 Å². The number of nitrogens with one attached hydrogen (secondary N) is 1. The molecule has 0 radical (unpaired) electrons. The summed E-state index contributed by atoms with van der Waals surface area (Å²) < 4.78 is 1.06. The molecule has 0 bridgehead atoms. The van der Waals surface area contributed by atoms with Gasteiger partial charge in [-0.1, -0.05) is 39.7 Å². The maximum atomic E-state index is 10.5. The number of rotatable bonds is 3. The third kappa shape index (κ3) is 4.53. The molecule has 1 saturated heterocycles. The van der Waals surface area contributed by atoms with Crippen LogP contribution in [0.3, 0.4) is 0 Å². The maximum absolute atomic E-state index is 10.5. The number of piperidine rings is 1. The molecule has 6 heteroatoms. The van der Waals surface area contributed by atoms with E-state index in [0.29, 0.717) is 17.5 Å². The van der Waals surface area contributed by atoms with E-state index in [4.69, 9.17) is 16.6 Å². The summed E-state index contributed by atoms with van der Waals surface area (Å²) >= 11 is 9.78. The molecule has 4 nitrogen and oxygen atoms in total. The Morgan fingerprint density at radius 2 is 1.86 bits per heavy atom. The summed E-state index contributed by atoms with van der Waals surface area (Å²) in [4.78, 5) is 7.75. The predicted octanol–water partition coefficient (Wildman–Crippen LogP) is 5.53. The fourth-order valence-electron chi connectivity index (χ4n) is 4.39. The van der Waals surface area contributed by atoms with Gasteiger partial charge in [0.2, 0.25) is 0 Å². The molecule has 2 aliphatic rings. The van der Waals surface area contributed by atoms with E-state index in [2.05, 4.69) is 64.3 Å². The lowest BCUT2D eigenvalue weighted by molar-refractivity contribution is 0.103. The second-order valence-electron chi connectivity index (χ2n) is 8.33. The van der Waals surface area contributed by atoms with Crippen molar-refractivity contribution in [3.63, 3.8) is 0 Å². The molecule has 2 N–H and O–H groups in total. The molecule has 1 unspecified atom stereocenters. The van der Waals surface area contributed by atoms with Gasteiger partial charge in [0, 0.05) is 52.4 Å². The highest BCUT2D eigenvalue weighted by Crippen LogP contribution is 2.38. The van der Waals surface area contributed by atoms with Crippen LogP contribution in [0.1, 0.15) is 50.3 Å².